The molecule has 3 heteroatoms. The van der Waals surface area contributed by atoms with Gasteiger partial charge >= 0.3 is 0 Å². The summed E-state index contributed by atoms with van der Waals surface area (Å²) in [6, 6.07) is 0.288. The molecule has 0 aliphatic rings. The highest BCUT2D eigenvalue weighted by atomic mass is 32.1. The third-order valence-corrected chi connectivity index (χ3v) is 2.62. The second-order valence-corrected chi connectivity index (χ2v) is 4.17. The molecule has 0 fully saturated rings. The van der Waals surface area contributed by atoms with Crippen molar-refractivity contribution in [2.45, 2.75) is 39.2 Å². The molecule has 0 bridgehead atoms. The number of thiazole rings is 1. The Morgan fingerprint density at radius 1 is 1.67 bits per heavy atom. The standard InChI is InChI=1S/C9H16N2S/c1-3-4-8(10)5-9-6-12-7(2)11-9/h6,8H,3-5,10H2,1-2H3/t8-/m1/s1. The van der Waals surface area contributed by atoms with E-state index in [1.165, 1.54) is 0 Å². The molecule has 0 aliphatic carbocycles. The smallest absolute Gasteiger partial charge is 0.0897 e. The molecule has 68 valence electrons. The van der Waals surface area contributed by atoms with Crippen molar-refractivity contribution in [2.75, 3.05) is 0 Å². The maximum atomic E-state index is 5.89. The van der Waals surface area contributed by atoms with Gasteiger partial charge in [0, 0.05) is 17.8 Å². The molecule has 1 heterocycles. The summed E-state index contributed by atoms with van der Waals surface area (Å²) in [6.07, 6.45) is 3.18. The topological polar surface area (TPSA) is 38.9 Å². The molecule has 1 aromatic heterocycles. The molecule has 0 aliphatic heterocycles. The summed E-state index contributed by atoms with van der Waals surface area (Å²) in [4.78, 5) is 4.37. The predicted octanol–water partition coefficient (Wildman–Crippen LogP) is 2.12. The Bertz CT molecular complexity index is 232. The first-order valence-electron chi connectivity index (χ1n) is 4.39. The van der Waals surface area contributed by atoms with Crippen LogP contribution < -0.4 is 5.73 Å². The van der Waals surface area contributed by atoms with Gasteiger partial charge in [0.25, 0.3) is 0 Å². The molecule has 0 amide bonds. The van der Waals surface area contributed by atoms with E-state index < -0.39 is 0 Å². The number of rotatable bonds is 4. The van der Waals surface area contributed by atoms with Gasteiger partial charge in [-0.15, -0.1) is 11.3 Å². The minimum atomic E-state index is 0.288. The van der Waals surface area contributed by atoms with Gasteiger partial charge in [-0.05, 0) is 13.3 Å². The Balaban J connectivity index is 2.41. The summed E-state index contributed by atoms with van der Waals surface area (Å²) in [7, 11) is 0. The fraction of sp³-hybridized carbons (Fsp3) is 0.667. The SMILES string of the molecule is CCC[C@@H](N)Cc1csc(C)n1. The zero-order chi connectivity index (χ0) is 8.97. The third-order valence-electron chi connectivity index (χ3n) is 1.80. The third kappa shape index (κ3) is 2.91. The van der Waals surface area contributed by atoms with Gasteiger partial charge in [0.1, 0.15) is 0 Å². The van der Waals surface area contributed by atoms with Crippen LogP contribution in [0.2, 0.25) is 0 Å². The minimum absolute atomic E-state index is 0.288. The summed E-state index contributed by atoms with van der Waals surface area (Å²) in [5, 5.41) is 3.24. The Morgan fingerprint density at radius 2 is 2.42 bits per heavy atom. The normalized spacial score (nSPS) is 13.2. The fourth-order valence-corrected chi connectivity index (χ4v) is 1.87. The summed E-state index contributed by atoms with van der Waals surface area (Å²) in [6.45, 7) is 4.19. The Labute approximate surface area is 77.8 Å². The van der Waals surface area contributed by atoms with Crippen LogP contribution >= 0.6 is 11.3 Å². The van der Waals surface area contributed by atoms with E-state index in [0.717, 1.165) is 30.0 Å². The largest absolute Gasteiger partial charge is 0.327 e. The zero-order valence-electron chi connectivity index (χ0n) is 7.71. The van der Waals surface area contributed by atoms with Crippen LogP contribution in [-0.4, -0.2) is 11.0 Å². The lowest BCUT2D eigenvalue weighted by Crippen LogP contribution is -2.22. The molecule has 0 spiro atoms. The fourth-order valence-electron chi connectivity index (χ4n) is 1.24. The molecular weight excluding hydrogens is 168 g/mol. The van der Waals surface area contributed by atoms with Crippen molar-refractivity contribution in [1.82, 2.24) is 4.98 Å². The van der Waals surface area contributed by atoms with Crippen LogP contribution in [0, 0.1) is 6.92 Å². The van der Waals surface area contributed by atoms with E-state index in [1.807, 2.05) is 6.92 Å². The zero-order valence-corrected chi connectivity index (χ0v) is 8.53. The van der Waals surface area contributed by atoms with Crippen molar-refractivity contribution in [2.24, 2.45) is 5.73 Å². The molecule has 0 unspecified atom stereocenters. The van der Waals surface area contributed by atoms with E-state index in [0.29, 0.717) is 0 Å². The summed E-state index contributed by atoms with van der Waals surface area (Å²) in [5.74, 6) is 0. The second kappa shape index (κ2) is 4.58. The molecule has 12 heavy (non-hydrogen) atoms. The first-order valence-corrected chi connectivity index (χ1v) is 5.27. The number of hydrogen-bond acceptors (Lipinski definition) is 3. The lowest BCUT2D eigenvalue weighted by Gasteiger charge is -2.06. The van der Waals surface area contributed by atoms with Crippen LogP contribution in [0.15, 0.2) is 5.38 Å². The number of aryl methyl sites for hydroxylation is 1. The van der Waals surface area contributed by atoms with Gasteiger partial charge in [-0.25, -0.2) is 4.98 Å². The molecule has 2 N–H and O–H groups in total. The van der Waals surface area contributed by atoms with Gasteiger partial charge in [0.2, 0.25) is 0 Å². The van der Waals surface area contributed by atoms with E-state index in [4.69, 9.17) is 5.73 Å². The number of aromatic nitrogens is 1. The van der Waals surface area contributed by atoms with Gasteiger partial charge in [0.05, 0.1) is 10.7 Å². The molecular formula is C9H16N2S. The van der Waals surface area contributed by atoms with Crippen LogP contribution in [0.3, 0.4) is 0 Å². The molecule has 1 aromatic rings. The highest BCUT2D eigenvalue weighted by Crippen LogP contribution is 2.10. The Kier molecular flexibility index (Phi) is 3.69. The van der Waals surface area contributed by atoms with Crippen LogP contribution in [0.25, 0.3) is 0 Å². The van der Waals surface area contributed by atoms with Gasteiger partial charge in [0.15, 0.2) is 0 Å². The summed E-state index contributed by atoms with van der Waals surface area (Å²) in [5.41, 5.74) is 7.04. The van der Waals surface area contributed by atoms with Gasteiger partial charge < -0.3 is 5.73 Å². The number of nitrogens with two attached hydrogens (primary N) is 1. The lowest BCUT2D eigenvalue weighted by atomic mass is 10.1. The summed E-state index contributed by atoms with van der Waals surface area (Å²) >= 11 is 1.70. The lowest BCUT2D eigenvalue weighted by molar-refractivity contribution is 0.594. The average molecular weight is 184 g/mol. The highest BCUT2D eigenvalue weighted by molar-refractivity contribution is 7.09. The van der Waals surface area contributed by atoms with E-state index in [9.17, 15) is 0 Å². The van der Waals surface area contributed by atoms with Crippen LogP contribution in [0.5, 0.6) is 0 Å². The van der Waals surface area contributed by atoms with Gasteiger partial charge in [-0.2, -0.15) is 0 Å². The predicted molar refractivity (Wildman–Crippen MR) is 53.4 cm³/mol. The molecule has 1 rings (SSSR count). The van der Waals surface area contributed by atoms with Crippen molar-refractivity contribution < 1.29 is 0 Å². The number of hydrogen-bond donors (Lipinski definition) is 1. The van der Waals surface area contributed by atoms with E-state index >= 15 is 0 Å². The van der Waals surface area contributed by atoms with Crippen LogP contribution in [0.1, 0.15) is 30.5 Å². The van der Waals surface area contributed by atoms with Crippen molar-refractivity contribution in [3.05, 3.63) is 16.1 Å². The van der Waals surface area contributed by atoms with Crippen molar-refractivity contribution in [3.8, 4) is 0 Å². The molecule has 0 aromatic carbocycles. The maximum Gasteiger partial charge on any atom is 0.0897 e. The van der Waals surface area contributed by atoms with Gasteiger partial charge in [-0.1, -0.05) is 13.3 Å². The van der Waals surface area contributed by atoms with Gasteiger partial charge in [-0.3, -0.25) is 0 Å². The highest BCUT2D eigenvalue weighted by Gasteiger charge is 2.04. The van der Waals surface area contributed by atoms with Crippen LogP contribution in [-0.2, 0) is 6.42 Å². The maximum absolute atomic E-state index is 5.89. The first-order chi connectivity index (χ1) is 5.72. The Hall–Kier alpha value is -0.410. The Morgan fingerprint density at radius 3 is 2.92 bits per heavy atom. The van der Waals surface area contributed by atoms with Crippen molar-refractivity contribution in [1.29, 1.82) is 0 Å². The molecule has 2 nitrogen and oxygen atoms in total. The van der Waals surface area contributed by atoms with Crippen molar-refractivity contribution >= 4 is 11.3 Å². The monoisotopic (exact) mass is 184 g/mol. The second-order valence-electron chi connectivity index (χ2n) is 3.11. The molecule has 0 radical (unpaired) electrons. The minimum Gasteiger partial charge on any atom is -0.327 e. The van der Waals surface area contributed by atoms with E-state index in [-0.39, 0.29) is 6.04 Å². The number of nitrogens with zero attached hydrogens (tertiary/aromatic N) is 1. The molecule has 0 saturated heterocycles. The molecule has 1 atom stereocenters. The van der Waals surface area contributed by atoms with E-state index in [1.54, 1.807) is 11.3 Å². The first kappa shape index (κ1) is 9.68. The van der Waals surface area contributed by atoms with Crippen LogP contribution in [0.4, 0.5) is 0 Å². The van der Waals surface area contributed by atoms with Crippen molar-refractivity contribution in [3.63, 3.8) is 0 Å². The average Bonchev–Trinajstić information content (AvgIpc) is 2.36. The summed E-state index contributed by atoms with van der Waals surface area (Å²) < 4.78 is 0. The quantitative estimate of drug-likeness (QED) is 0.778. The van der Waals surface area contributed by atoms with E-state index in [2.05, 4.69) is 17.3 Å². The molecule has 0 saturated carbocycles.